The van der Waals surface area contributed by atoms with Crippen molar-refractivity contribution >= 4 is 33.2 Å². The van der Waals surface area contributed by atoms with Gasteiger partial charge in [-0.05, 0) is 37.3 Å². The molecule has 0 bridgehead atoms. The highest BCUT2D eigenvalue weighted by Crippen LogP contribution is 2.33. The van der Waals surface area contributed by atoms with Gasteiger partial charge in [-0.2, -0.15) is 0 Å². The molecule has 0 aliphatic heterocycles. The van der Waals surface area contributed by atoms with Crippen LogP contribution in [0, 0.1) is 10.1 Å². The Hall–Kier alpha value is -3.07. The Morgan fingerprint density at radius 1 is 1.28 bits per heavy atom. The lowest BCUT2D eigenvalue weighted by atomic mass is 9.97. The van der Waals surface area contributed by atoms with Crippen LogP contribution in [-0.4, -0.2) is 20.9 Å². The molecule has 1 N–H and O–H groups in total. The van der Waals surface area contributed by atoms with E-state index in [4.69, 9.17) is 4.74 Å². The van der Waals surface area contributed by atoms with E-state index in [9.17, 15) is 19.7 Å². The lowest BCUT2D eigenvalue weighted by Crippen LogP contribution is -2.14. The zero-order valence-corrected chi connectivity index (χ0v) is 16.4. The van der Waals surface area contributed by atoms with Crippen LogP contribution in [0.5, 0.6) is 0 Å². The lowest BCUT2D eigenvalue weighted by molar-refractivity contribution is -0.385. The van der Waals surface area contributed by atoms with Gasteiger partial charge in [0, 0.05) is 17.4 Å². The fraction of sp³-hybridized carbons (Fsp3) is 0.350. The number of benzene rings is 1. The van der Waals surface area contributed by atoms with E-state index in [-0.39, 0.29) is 30.7 Å². The number of nitrogens with zero attached hydrogens (tertiary/aromatic N) is 2. The van der Waals surface area contributed by atoms with Gasteiger partial charge in [0.15, 0.2) is 0 Å². The molecule has 4 rings (SSSR count). The highest BCUT2D eigenvalue weighted by molar-refractivity contribution is 7.18. The van der Waals surface area contributed by atoms with E-state index in [2.05, 4.69) is 9.97 Å². The lowest BCUT2D eigenvalue weighted by Gasteiger charge is -2.09. The molecule has 0 amide bonds. The zero-order valence-electron chi connectivity index (χ0n) is 15.6. The number of fused-ring (bicyclic) bond motifs is 3. The van der Waals surface area contributed by atoms with Crippen LogP contribution in [0.2, 0.25) is 0 Å². The summed E-state index contributed by atoms with van der Waals surface area (Å²) in [6, 6.07) is 6.13. The van der Waals surface area contributed by atoms with Crippen LogP contribution >= 0.6 is 11.3 Å². The second-order valence-electron chi connectivity index (χ2n) is 6.95. The van der Waals surface area contributed by atoms with Crippen molar-refractivity contribution in [3.63, 3.8) is 0 Å². The summed E-state index contributed by atoms with van der Waals surface area (Å²) >= 11 is 1.56. The van der Waals surface area contributed by atoms with E-state index in [0.29, 0.717) is 16.8 Å². The van der Waals surface area contributed by atoms with Crippen LogP contribution < -0.4 is 5.56 Å². The monoisotopic (exact) mass is 413 g/mol. The number of nitro groups is 1. The Labute approximate surface area is 169 Å². The molecule has 0 fully saturated rings. The van der Waals surface area contributed by atoms with Gasteiger partial charge in [-0.3, -0.25) is 19.7 Å². The predicted molar refractivity (Wildman–Crippen MR) is 108 cm³/mol. The third-order valence-corrected chi connectivity index (χ3v) is 6.20. The van der Waals surface area contributed by atoms with Gasteiger partial charge in [0.25, 0.3) is 11.2 Å². The standard InChI is InChI=1S/C20H19N3O5S/c24-17(28-11-12-5-1-3-7-14(12)23(26)27)10-9-16-21-19(25)18-13-6-2-4-8-15(13)29-20(18)22-16/h1,3,5,7H,2,4,6,8-11H2,(H,21,22,25). The first-order chi connectivity index (χ1) is 14.0. The third kappa shape index (κ3) is 4.04. The number of nitrogens with one attached hydrogen (secondary N) is 1. The number of hydrogen-bond donors (Lipinski definition) is 1. The average molecular weight is 413 g/mol. The number of nitro benzene ring substituents is 1. The fourth-order valence-corrected chi connectivity index (χ4v) is 4.87. The number of thiophene rings is 1. The summed E-state index contributed by atoms with van der Waals surface area (Å²) in [5, 5.41) is 11.7. The molecule has 1 aliphatic rings. The molecule has 0 saturated heterocycles. The molecule has 0 unspecified atom stereocenters. The second-order valence-corrected chi connectivity index (χ2v) is 8.03. The van der Waals surface area contributed by atoms with Crippen LogP contribution in [0.25, 0.3) is 10.2 Å². The molecular weight excluding hydrogens is 394 g/mol. The second kappa shape index (κ2) is 8.12. The van der Waals surface area contributed by atoms with Crippen molar-refractivity contribution in [3.8, 4) is 0 Å². The summed E-state index contributed by atoms with van der Waals surface area (Å²) in [7, 11) is 0. The molecule has 2 aromatic heterocycles. The van der Waals surface area contributed by atoms with E-state index in [1.54, 1.807) is 29.5 Å². The number of ether oxygens (including phenoxy) is 1. The third-order valence-electron chi connectivity index (χ3n) is 5.02. The molecule has 0 spiro atoms. The number of H-pyrrole nitrogens is 1. The predicted octanol–water partition coefficient (Wildman–Crippen LogP) is 3.45. The van der Waals surface area contributed by atoms with Crippen molar-refractivity contribution in [1.82, 2.24) is 9.97 Å². The minimum absolute atomic E-state index is 0.0279. The van der Waals surface area contributed by atoms with E-state index >= 15 is 0 Å². The SMILES string of the molecule is O=C(CCc1nc2sc3c(c2c(=O)[nH]1)CCCC3)OCc1ccccc1[N+](=O)[O-]. The summed E-state index contributed by atoms with van der Waals surface area (Å²) < 4.78 is 5.16. The van der Waals surface area contributed by atoms with Gasteiger partial charge in [0.1, 0.15) is 17.3 Å². The van der Waals surface area contributed by atoms with Crippen molar-refractivity contribution < 1.29 is 14.5 Å². The number of aryl methyl sites for hydroxylation is 3. The maximum Gasteiger partial charge on any atom is 0.306 e. The van der Waals surface area contributed by atoms with E-state index in [1.807, 2.05) is 0 Å². The summed E-state index contributed by atoms with van der Waals surface area (Å²) in [5.41, 5.74) is 1.22. The molecule has 1 aliphatic carbocycles. The van der Waals surface area contributed by atoms with Gasteiger partial charge in [0.2, 0.25) is 0 Å². The summed E-state index contributed by atoms with van der Waals surface area (Å²) in [4.78, 5) is 44.4. The molecule has 9 heteroatoms. The van der Waals surface area contributed by atoms with Crippen molar-refractivity contribution in [2.45, 2.75) is 45.1 Å². The minimum Gasteiger partial charge on any atom is -0.461 e. The van der Waals surface area contributed by atoms with Gasteiger partial charge in [-0.1, -0.05) is 12.1 Å². The van der Waals surface area contributed by atoms with Crippen LogP contribution in [0.3, 0.4) is 0 Å². The van der Waals surface area contributed by atoms with Crippen molar-refractivity contribution in [1.29, 1.82) is 0 Å². The Kier molecular flexibility index (Phi) is 5.39. The minimum atomic E-state index is -0.506. The molecule has 0 atom stereocenters. The number of carbonyl (C=O) groups excluding carboxylic acids is 1. The normalized spacial score (nSPS) is 13.2. The number of esters is 1. The van der Waals surface area contributed by atoms with Crippen LogP contribution in [0.15, 0.2) is 29.1 Å². The number of aromatic nitrogens is 2. The van der Waals surface area contributed by atoms with Crippen LogP contribution in [0.4, 0.5) is 5.69 Å². The molecule has 0 saturated carbocycles. The molecule has 29 heavy (non-hydrogen) atoms. The number of hydrogen-bond acceptors (Lipinski definition) is 7. The van der Waals surface area contributed by atoms with Gasteiger partial charge in [0.05, 0.1) is 22.3 Å². The number of aromatic amines is 1. The number of para-hydroxylation sites is 1. The smallest absolute Gasteiger partial charge is 0.306 e. The first-order valence-corrected chi connectivity index (χ1v) is 10.3. The van der Waals surface area contributed by atoms with Gasteiger partial charge in [-0.25, -0.2) is 4.98 Å². The molecular formula is C20H19N3O5S. The van der Waals surface area contributed by atoms with Gasteiger partial charge >= 0.3 is 5.97 Å². The first kappa shape index (κ1) is 19.3. The molecule has 0 radical (unpaired) electrons. The Bertz CT molecular complexity index is 1150. The highest BCUT2D eigenvalue weighted by atomic mass is 32.1. The average Bonchev–Trinajstić information content (AvgIpc) is 3.09. The van der Waals surface area contributed by atoms with E-state index < -0.39 is 10.9 Å². The van der Waals surface area contributed by atoms with Crippen molar-refractivity contribution in [2.75, 3.05) is 0 Å². The first-order valence-electron chi connectivity index (χ1n) is 9.44. The number of rotatable bonds is 6. The molecule has 2 heterocycles. The summed E-state index contributed by atoms with van der Waals surface area (Å²) in [6.45, 7) is -0.170. The van der Waals surface area contributed by atoms with Gasteiger partial charge in [-0.15, -0.1) is 11.3 Å². The maximum atomic E-state index is 12.5. The quantitative estimate of drug-likeness (QED) is 0.376. The fourth-order valence-electron chi connectivity index (χ4n) is 3.59. The topological polar surface area (TPSA) is 115 Å². The highest BCUT2D eigenvalue weighted by Gasteiger charge is 2.20. The summed E-state index contributed by atoms with van der Waals surface area (Å²) in [5.74, 6) is -0.0555. The van der Waals surface area contributed by atoms with Crippen LogP contribution in [-0.2, 0) is 35.4 Å². The maximum absolute atomic E-state index is 12.5. The Morgan fingerprint density at radius 3 is 2.90 bits per heavy atom. The van der Waals surface area contributed by atoms with Crippen molar-refractivity contribution in [3.05, 3.63) is 66.6 Å². The molecule has 3 aromatic rings. The molecule has 1 aromatic carbocycles. The van der Waals surface area contributed by atoms with E-state index in [1.165, 1.54) is 10.9 Å². The molecule has 150 valence electrons. The largest absolute Gasteiger partial charge is 0.461 e. The molecule has 8 nitrogen and oxygen atoms in total. The van der Waals surface area contributed by atoms with Crippen LogP contribution in [0.1, 0.15) is 41.1 Å². The van der Waals surface area contributed by atoms with E-state index in [0.717, 1.165) is 36.1 Å². The Balaban J connectivity index is 1.41. The zero-order chi connectivity index (χ0) is 20.4. The number of carbonyl (C=O) groups is 1. The summed E-state index contributed by atoms with van der Waals surface area (Å²) in [6.07, 6.45) is 4.39. The van der Waals surface area contributed by atoms with Crippen molar-refractivity contribution in [2.24, 2.45) is 0 Å². The van der Waals surface area contributed by atoms with Gasteiger partial charge < -0.3 is 9.72 Å². The Morgan fingerprint density at radius 2 is 2.07 bits per heavy atom.